The summed E-state index contributed by atoms with van der Waals surface area (Å²) < 4.78 is 5.93. The van der Waals surface area contributed by atoms with E-state index in [1.54, 1.807) is 16.7 Å². The van der Waals surface area contributed by atoms with Gasteiger partial charge in [0.2, 0.25) is 0 Å². The van der Waals surface area contributed by atoms with E-state index >= 15 is 0 Å². The van der Waals surface area contributed by atoms with Crippen LogP contribution in [0.2, 0.25) is 0 Å². The van der Waals surface area contributed by atoms with Gasteiger partial charge in [-0.2, -0.15) is 11.8 Å². The standard InChI is InChI=1S/C26H25NO3S/c28-14-19-16-31-17-25(18-8-2-1-3-9-18)27(19)26(29)30-15-24-22-12-6-4-10-20(22)21-11-5-7-13-23(21)24/h1-13,19,24-25,28H,14-17H2. The SMILES string of the molecule is O=C(OCC1c2ccccc2-c2ccccc21)N1C(CO)CSCC1c1ccccc1. The maximum absolute atomic E-state index is 13.3. The predicted molar refractivity (Wildman–Crippen MR) is 124 cm³/mol. The molecule has 1 saturated heterocycles. The Bertz CT molecular complexity index is 1030. The van der Waals surface area contributed by atoms with Crippen LogP contribution in [0.3, 0.4) is 0 Å². The van der Waals surface area contributed by atoms with Crippen molar-refractivity contribution in [1.82, 2.24) is 4.90 Å². The molecule has 4 nitrogen and oxygen atoms in total. The van der Waals surface area contributed by atoms with Gasteiger partial charge in [-0.3, -0.25) is 4.90 Å². The van der Waals surface area contributed by atoms with Crippen molar-refractivity contribution in [2.24, 2.45) is 0 Å². The highest BCUT2D eigenvalue weighted by Crippen LogP contribution is 2.44. The van der Waals surface area contributed by atoms with Crippen LogP contribution in [0.1, 0.15) is 28.7 Å². The molecule has 2 aliphatic rings. The lowest BCUT2D eigenvalue weighted by atomic mass is 9.98. The zero-order valence-corrected chi connectivity index (χ0v) is 18.0. The number of fused-ring (bicyclic) bond motifs is 3. The maximum atomic E-state index is 13.3. The molecular weight excluding hydrogens is 406 g/mol. The fraction of sp³-hybridized carbons (Fsp3) is 0.269. The van der Waals surface area contributed by atoms with Crippen LogP contribution in [0.5, 0.6) is 0 Å². The summed E-state index contributed by atoms with van der Waals surface area (Å²) in [5.41, 5.74) is 5.89. The molecule has 0 bridgehead atoms. The van der Waals surface area contributed by atoms with E-state index in [-0.39, 0.29) is 37.3 Å². The summed E-state index contributed by atoms with van der Waals surface area (Å²) in [7, 11) is 0. The third-order valence-corrected chi connectivity index (χ3v) is 7.43. The highest BCUT2D eigenvalue weighted by Gasteiger charge is 2.37. The summed E-state index contributed by atoms with van der Waals surface area (Å²) >= 11 is 1.77. The number of carbonyl (C=O) groups excluding carboxylic acids is 1. The van der Waals surface area contributed by atoms with Gasteiger partial charge in [0.15, 0.2) is 0 Å². The largest absolute Gasteiger partial charge is 0.448 e. The topological polar surface area (TPSA) is 49.8 Å². The highest BCUT2D eigenvalue weighted by atomic mass is 32.2. The van der Waals surface area contributed by atoms with E-state index < -0.39 is 0 Å². The maximum Gasteiger partial charge on any atom is 0.410 e. The molecule has 2 unspecified atom stereocenters. The molecule has 5 heteroatoms. The molecule has 1 aliphatic carbocycles. The average molecular weight is 432 g/mol. The molecule has 3 aromatic carbocycles. The van der Waals surface area contributed by atoms with Gasteiger partial charge in [0.1, 0.15) is 6.61 Å². The van der Waals surface area contributed by atoms with E-state index in [4.69, 9.17) is 4.74 Å². The number of hydrogen-bond donors (Lipinski definition) is 1. The lowest BCUT2D eigenvalue weighted by molar-refractivity contribution is 0.0541. The van der Waals surface area contributed by atoms with Crippen LogP contribution in [-0.2, 0) is 4.74 Å². The van der Waals surface area contributed by atoms with E-state index in [1.807, 2.05) is 54.6 Å². The summed E-state index contributed by atoms with van der Waals surface area (Å²) in [6.07, 6.45) is -0.352. The van der Waals surface area contributed by atoms with E-state index in [0.29, 0.717) is 5.75 Å². The number of benzene rings is 3. The molecule has 2 atom stereocenters. The number of thioether (sulfide) groups is 1. The van der Waals surface area contributed by atoms with Gasteiger partial charge in [0, 0.05) is 17.4 Å². The van der Waals surface area contributed by atoms with Crippen LogP contribution in [0.4, 0.5) is 4.79 Å². The number of aliphatic hydroxyl groups excluding tert-OH is 1. The van der Waals surface area contributed by atoms with Crippen molar-refractivity contribution in [3.05, 3.63) is 95.6 Å². The first-order valence-electron chi connectivity index (χ1n) is 10.6. The predicted octanol–water partition coefficient (Wildman–Crippen LogP) is 5.09. The van der Waals surface area contributed by atoms with Gasteiger partial charge in [-0.05, 0) is 27.8 Å². The van der Waals surface area contributed by atoms with Gasteiger partial charge < -0.3 is 9.84 Å². The fourth-order valence-corrected chi connectivity index (χ4v) is 6.00. The molecule has 1 N–H and O–H groups in total. The lowest BCUT2D eigenvalue weighted by Gasteiger charge is -2.40. The number of carbonyl (C=O) groups is 1. The molecule has 1 aliphatic heterocycles. The summed E-state index contributed by atoms with van der Waals surface area (Å²) in [5, 5.41) is 9.95. The summed E-state index contributed by atoms with van der Waals surface area (Å²) in [5.74, 6) is 1.53. The summed E-state index contributed by atoms with van der Waals surface area (Å²) in [6, 6.07) is 26.3. The Morgan fingerprint density at radius 3 is 2.16 bits per heavy atom. The number of nitrogens with zero attached hydrogens (tertiary/aromatic N) is 1. The Morgan fingerprint density at radius 2 is 1.52 bits per heavy atom. The second-order valence-electron chi connectivity index (χ2n) is 8.01. The molecule has 1 fully saturated rings. The monoisotopic (exact) mass is 431 g/mol. The van der Waals surface area contributed by atoms with Crippen LogP contribution in [0.25, 0.3) is 11.1 Å². The zero-order valence-electron chi connectivity index (χ0n) is 17.2. The normalized spacial score (nSPS) is 20.2. The fourth-order valence-electron chi connectivity index (χ4n) is 4.75. The molecule has 5 rings (SSSR count). The van der Waals surface area contributed by atoms with E-state index in [2.05, 4.69) is 24.3 Å². The lowest BCUT2D eigenvalue weighted by Crippen LogP contribution is -2.50. The first kappa shape index (κ1) is 20.2. The Hall–Kier alpha value is -2.76. The minimum Gasteiger partial charge on any atom is -0.448 e. The third kappa shape index (κ3) is 3.73. The highest BCUT2D eigenvalue weighted by molar-refractivity contribution is 7.99. The number of aliphatic hydroxyl groups is 1. The molecule has 1 heterocycles. The second-order valence-corrected chi connectivity index (χ2v) is 9.09. The van der Waals surface area contributed by atoms with Gasteiger partial charge in [0.25, 0.3) is 0 Å². The second kappa shape index (κ2) is 8.77. The van der Waals surface area contributed by atoms with Gasteiger partial charge in [-0.25, -0.2) is 4.79 Å². The van der Waals surface area contributed by atoms with Crippen molar-refractivity contribution in [2.75, 3.05) is 24.7 Å². The Balaban J connectivity index is 1.39. The minimum atomic E-state index is -0.352. The Morgan fingerprint density at radius 1 is 0.903 bits per heavy atom. The Labute approximate surface area is 186 Å². The van der Waals surface area contributed by atoms with Crippen LogP contribution in [-0.4, -0.2) is 46.9 Å². The van der Waals surface area contributed by atoms with Crippen LogP contribution in [0.15, 0.2) is 78.9 Å². The molecule has 0 radical (unpaired) electrons. The average Bonchev–Trinajstić information content (AvgIpc) is 3.16. The molecule has 158 valence electrons. The zero-order chi connectivity index (χ0) is 21.2. The third-order valence-electron chi connectivity index (χ3n) is 6.26. The van der Waals surface area contributed by atoms with Crippen molar-refractivity contribution < 1.29 is 14.6 Å². The minimum absolute atomic E-state index is 0.0262. The van der Waals surface area contributed by atoms with Crippen molar-refractivity contribution >= 4 is 17.9 Å². The van der Waals surface area contributed by atoms with Crippen molar-refractivity contribution in [2.45, 2.75) is 18.0 Å². The molecule has 0 saturated carbocycles. The van der Waals surface area contributed by atoms with Gasteiger partial charge >= 0.3 is 6.09 Å². The molecule has 1 amide bonds. The van der Waals surface area contributed by atoms with Crippen molar-refractivity contribution in [3.63, 3.8) is 0 Å². The van der Waals surface area contributed by atoms with Gasteiger partial charge in [-0.1, -0.05) is 78.9 Å². The van der Waals surface area contributed by atoms with Crippen LogP contribution in [0, 0.1) is 0 Å². The smallest absolute Gasteiger partial charge is 0.410 e. The first-order chi connectivity index (χ1) is 15.3. The van der Waals surface area contributed by atoms with Gasteiger partial charge in [0.05, 0.1) is 18.7 Å². The summed E-state index contributed by atoms with van der Waals surface area (Å²) in [4.78, 5) is 15.1. The van der Waals surface area contributed by atoms with E-state index in [0.717, 1.165) is 11.3 Å². The number of hydrogen-bond acceptors (Lipinski definition) is 4. The first-order valence-corrected chi connectivity index (χ1v) is 11.8. The van der Waals surface area contributed by atoms with E-state index in [9.17, 15) is 9.90 Å². The van der Waals surface area contributed by atoms with Gasteiger partial charge in [-0.15, -0.1) is 0 Å². The molecule has 0 spiro atoms. The molecule has 0 aromatic heterocycles. The van der Waals surface area contributed by atoms with Crippen LogP contribution < -0.4 is 0 Å². The van der Waals surface area contributed by atoms with Crippen molar-refractivity contribution in [1.29, 1.82) is 0 Å². The number of amides is 1. The van der Waals surface area contributed by atoms with Crippen molar-refractivity contribution in [3.8, 4) is 11.1 Å². The molecular formula is C26H25NO3S. The molecule has 31 heavy (non-hydrogen) atoms. The Kier molecular flexibility index (Phi) is 5.70. The van der Waals surface area contributed by atoms with E-state index in [1.165, 1.54) is 22.3 Å². The number of rotatable bonds is 4. The molecule has 3 aromatic rings. The number of ether oxygens (including phenoxy) is 1. The summed E-state index contributed by atoms with van der Waals surface area (Å²) in [6.45, 7) is 0.219. The van der Waals surface area contributed by atoms with Crippen LogP contribution >= 0.6 is 11.8 Å². The quantitative estimate of drug-likeness (QED) is 0.625.